The van der Waals surface area contributed by atoms with E-state index >= 15 is 0 Å². The van der Waals surface area contributed by atoms with Gasteiger partial charge in [-0.25, -0.2) is 4.98 Å². The molecule has 2 fully saturated rings. The van der Waals surface area contributed by atoms with Crippen LogP contribution in [0.15, 0.2) is 24.4 Å². The van der Waals surface area contributed by atoms with E-state index in [0.717, 1.165) is 58.8 Å². The Morgan fingerprint density at radius 3 is 2.59 bits per heavy atom. The molecule has 9 heteroatoms. The Labute approximate surface area is 208 Å². The Hall–Kier alpha value is -2.71. The quantitative estimate of drug-likeness (QED) is 0.545. The Bertz CT molecular complexity index is 1250. The van der Waals surface area contributed by atoms with Crippen LogP contribution in [0, 0.1) is 19.8 Å². The second-order valence-electron chi connectivity index (χ2n) is 9.13. The van der Waals surface area contributed by atoms with Crippen LogP contribution in [-0.4, -0.2) is 52.3 Å². The number of carbonyl (C=O) groups excluding carboxylic acids is 2. The molecule has 2 aliphatic heterocycles. The third kappa shape index (κ3) is 4.25. The fourth-order valence-electron chi connectivity index (χ4n) is 4.96. The first-order valence-corrected chi connectivity index (χ1v) is 12.9. The van der Waals surface area contributed by atoms with Crippen molar-refractivity contribution in [3.63, 3.8) is 0 Å². The molecule has 2 saturated heterocycles. The van der Waals surface area contributed by atoms with Gasteiger partial charge in [-0.1, -0.05) is 17.7 Å². The van der Waals surface area contributed by atoms with E-state index in [2.05, 4.69) is 19.6 Å². The van der Waals surface area contributed by atoms with Crippen LogP contribution < -0.4 is 10.2 Å². The number of rotatable bonds is 4. The number of likely N-dealkylation sites (tertiary alicyclic amines) is 1. The van der Waals surface area contributed by atoms with Gasteiger partial charge in [0.05, 0.1) is 22.3 Å². The molecule has 7 nitrogen and oxygen atoms in total. The van der Waals surface area contributed by atoms with Gasteiger partial charge in [-0.3, -0.25) is 9.59 Å². The number of amides is 2. The predicted octanol–water partition coefficient (Wildman–Crippen LogP) is 5.05. The molecule has 0 saturated carbocycles. The summed E-state index contributed by atoms with van der Waals surface area (Å²) in [5, 5.41) is 4.66. The molecule has 2 aliphatic rings. The number of pyridine rings is 1. The number of anilines is 2. The zero-order chi connectivity index (χ0) is 23.8. The maximum Gasteiger partial charge on any atom is 0.257 e. The van der Waals surface area contributed by atoms with Crippen LogP contribution in [0.25, 0.3) is 10.2 Å². The third-order valence-corrected chi connectivity index (χ3v) is 8.24. The van der Waals surface area contributed by atoms with Gasteiger partial charge in [0, 0.05) is 49.0 Å². The lowest BCUT2D eigenvalue weighted by molar-refractivity contribution is -0.120. The van der Waals surface area contributed by atoms with E-state index in [4.69, 9.17) is 11.6 Å². The topological polar surface area (TPSA) is 78.4 Å². The molecule has 34 heavy (non-hydrogen) atoms. The summed E-state index contributed by atoms with van der Waals surface area (Å²) in [5.41, 5.74) is 4.11. The highest BCUT2D eigenvalue weighted by Crippen LogP contribution is 2.37. The van der Waals surface area contributed by atoms with Crippen molar-refractivity contribution in [2.75, 3.05) is 36.4 Å². The van der Waals surface area contributed by atoms with Gasteiger partial charge in [0.15, 0.2) is 0 Å². The fraction of sp³-hybridized carbons (Fsp3) is 0.440. The highest BCUT2D eigenvalue weighted by molar-refractivity contribution is 7.13. The molecule has 2 amide bonds. The first kappa shape index (κ1) is 23.1. The fourth-order valence-corrected chi connectivity index (χ4v) is 5.88. The maximum absolute atomic E-state index is 13.4. The summed E-state index contributed by atoms with van der Waals surface area (Å²) in [4.78, 5) is 36.0. The number of halogens is 1. The normalized spacial score (nSPS) is 16.9. The van der Waals surface area contributed by atoms with Gasteiger partial charge in [0.1, 0.15) is 4.83 Å². The molecule has 3 aromatic rings. The van der Waals surface area contributed by atoms with Gasteiger partial charge in [0.2, 0.25) is 5.91 Å². The Balaban J connectivity index is 1.37. The molecular formula is C25H28ClN5O2S. The van der Waals surface area contributed by atoms with E-state index in [0.29, 0.717) is 36.5 Å². The summed E-state index contributed by atoms with van der Waals surface area (Å²) < 4.78 is 4.51. The molecule has 2 aromatic heterocycles. The van der Waals surface area contributed by atoms with Crippen molar-refractivity contribution >= 4 is 56.5 Å². The lowest BCUT2D eigenvalue weighted by atomic mass is 9.94. The summed E-state index contributed by atoms with van der Waals surface area (Å²) in [6.45, 7) is 6.86. The molecule has 0 atom stereocenters. The lowest BCUT2D eigenvalue weighted by Crippen LogP contribution is -2.39. The first-order valence-electron chi connectivity index (χ1n) is 11.8. The molecule has 0 unspecified atom stereocenters. The minimum atomic E-state index is -0.0913. The van der Waals surface area contributed by atoms with Crippen molar-refractivity contribution in [2.24, 2.45) is 5.92 Å². The first-order chi connectivity index (χ1) is 16.4. The average Bonchev–Trinajstić information content (AvgIpc) is 3.52. The molecular weight excluding hydrogens is 470 g/mol. The van der Waals surface area contributed by atoms with Crippen molar-refractivity contribution in [3.8, 4) is 0 Å². The smallest absolute Gasteiger partial charge is 0.257 e. The molecule has 0 aliphatic carbocycles. The van der Waals surface area contributed by atoms with E-state index in [-0.39, 0.29) is 17.7 Å². The highest BCUT2D eigenvalue weighted by Gasteiger charge is 2.31. The lowest BCUT2D eigenvalue weighted by Gasteiger charge is -2.35. The van der Waals surface area contributed by atoms with Crippen LogP contribution in [0.3, 0.4) is 0 Å². The van der Waals surface area contributed by atoms with E-state index in [1.165, 1.54) is 11.5 Å². The van der Waals surface area contributed by atoms with Crippen LogP contribution in [-0.2, 0) is 4.79 Å². The second-order valence-corrected chi connectivity index (χ2v) is 10.3. The third-order valence-electron chi connectivity index (χ3n) is 6.98. The van der Waals surface area contributed by atoms with Gasteiger partial charge in [-0.2, -0.15) is 4.37 Å². The van der Waals surface area contributed by atoms with E-state index in [1.54, 1.807) is 6.20 Å². The zero-order valence-corrected chi connectivity index (χ0v) is 21.0. The number of nitrogens with one attached hydrogen (secondary N) is 1. The molecule has 1 N–H and O–H groups in total. The Kier molecular flexibility index (Phi) is 6.44. The van der Waals surface area contributed by atoms with Gasteiger partial charge in [0.25, 0.3) is 5.91 Å². The van der Waals surface area contributed by atoms with Crippen LogP contribution in [0.1, 0.15) is 47.3 Å². The predicted molar refractivity (Wildman–Crippen MR) is 137 cm³/mol. The number of piperidine rings is 1. The average molecular weight is 498 g/mol. The number of hydrogen-bond acceptors (Lipinski definition) is 6. The van der Waals surface area contributed by atoms with Crippen molar-refractivity contribution in [1.29, 1.82) is 0 Å². The number of fused-ring (bicyclic) bond motifs is 1. The molecule has 0 spiro atoms. The molecule has 5 rings (SSSR count). The summed E-state index contributed by atoms with van der Waals surface area (Å²) in [6.07, 6.45) is 5.23. The number of benzene rings is 1. The van der Waals surface area contributed by atoms with Gasteiger partial charge in [-0.15, -0.1) is 0 Å². The molecule has 1 aromatic carbocycles. The molecule has 4 heterocycles. The number of hydrogen-bond donors (Lipinski definition) is 1. The van der Waals surface area contributed by atoms with Crippen molar-refractivity contribution in [2.45, 2.75) is 39.5 Å². The Morgan fingerprint density at radius 1 is 1.12 bits per heavy atom. The SMILES string of the molecule is Cc1c(Cl)cccc1NC(=O)C1CCN(c2c(C(=O)N3CCCC3)cnc3snc(C)c23)CC1. The Morgan fingerprint density at radius 2 is 1.85 bits per heavy atom. The zero-order valence-electron chi connectivity index (χ0n) is 19.4. The largest absolute Gasteiger partial charge is 0.370 e. The van der Waals surface area contributed by atoms with Crippen molar-refractivity contribution < 1.29 is 9.59 Å². The molecule has 0 radical (unpaired) electrons. The summed E-state index contributed by atoms with van der Waals surface area (Å²) >= 11 is 7.58. The number of nitrogens with zero attached hydrogens (tertiary/aromatic N) is 4. The van der Waals surface area contributed by atoms with Gasteiger partial charge in [-0.05, 0) is 68.8 Å². The van der Waals surface area contributed by atoms with Crippen LogP contribution in [0.5, 0.6) is 0 Å². The molecule has 0 bridgehead atoms. The van der Waals surface area contributed by atoms with Crippen LogP contribution in [0.4, 0.5) is 11.4 Å². The van der Waals surface area contributed by atoms with Gasteiger partial charge >= 0.3 is 0 Å². The minimum absolute atomic E-state index is 0.0200. The monoisotopic (exact) mass is 497 g/mol. The number of aromatic nitrogens is 2. The summed E-state index contributed by atoms with van der Waals surface area (Å²) in [7, 11) is 0. The molecule has 178 valence electrons. The second kappa shape index (κ2) is 9.50. The standard InChI is InChI=1S/C25H28ClN5O2S/c1-15-19(26)6-5-7-20(15)28-23(32)17-8-12-30(13-9-17)22-18(25(33)31-10-3-4-11-31)14-27-24-21(22)16(2)29-34-24/h5-7,14,17H,3-4,8-13H2,1-2H3,(H,28,32). The van der Waals surface area contributed by atoms with Crippen LogP contribution >= 0.6 is 23.1 Å². The van der Waals surface area contributed by atoms with Crippen molar-refractivity contribution in [1.82, 2.24) is 14.3 Å². The van der Waals surface area contributed by atoms with E-state index in [9.17, 15) is 9.59 Å². The number of carbonyl (C=O) groups is 2. The number of aryl methyl sites for hydroxylation is 1. The highest BCUT2D eigenvalue weighted by atomic mass is 35.5. The summed E-state index contributed by atoms with van der Waals surface area (Å²) in [5.74, 6) is -0.0261. The van der Waals surface area contributed by atoms with Gasteiger partial charge < -0.3 is 15.1 Å². The van der Waals surface area contributed by atoms with Crippen LogP contribution in [0.2, 0.25) is 5.02 Å². The summed E-state index contributed by atoms with van der Waals surface area (Å²) in [6, 6.07) is 5.55. The maximum atomic E-state index is 13.4. The van der Waals surface area contributed by atoms with E-state index < -0.39 is 0 Å². The van der Waals surface area contributed by atoms with Crippen molar-refractivity contribution in [3.05, 3.63) is 46.2 Å². The minimum Gasteiger partial charge on any atom is -0.370 e. The van der Waals surface area contributed by atoms with E-state index in [1.807, 2.05) is 36.9 Å².